The third-order valence-electron chi connectivity index (χ3n) is 5.07. The Kier molecular flexibility index (Phi) is 6.05. The van der Waals surface area contributed by atoms with Crippen LogP contribution in [0.1, 0.15) is 11.3 Å². The van der Waals surface area contributed by atoms with Crippen molar-refractivity contribution in [2.75, 3.05) is 36.1 Å². The van der Waals surface area contributed by atoms with Crippen LogP contribution in [0.25, 0.3) is 5.82 Å². The van der Waals surface area contributed by atoms with Crippen molar-refractivity contribution in [3.63, 3.8) is 0 Å². The quantitative estimate of drug-likeness (QED) is 0.380. The summed E-state index contributed by atoms with van der Waals surface area (Å²) >= 11 is 0. The van der Waals surface area contributed by atoms with Crippen molar-refractivity contribution >= 4 is 34.8 Å². The second-order valence-electron chi connectivity index (χ2n) is 7.45. The van der Waals surface area contributed by atoms with Crippen LogP contribution in [-0.2, 0) is 9.59 Å². The second-order valence-corrected chi connectivity index (χ2v) is 7.45. The van der Waals surface area contributed by atoms with Crippen LogP contribution in [0, 0.1) is 13.8 Å². The van der Waals surface area contributed by atoms with Gasteiger partial charge in [-0.25, -0.2) is 9.97 Å². The number of nitrogens with one attached hydrogen (secondary N) is 3. The van der Waals surface area contributed by atoms with Gasteiger partial charge in [0.15, 0.2) is 5.82 Å². The van der Waals surface area contributed by atoms with Gasteiger partial charge in [0.2, 0.25) is 0 Å². The van der Waals surface area contributed by atoms with Crippen molar-refractivity contribution < 1.29 is 14.7 Å². The zero-order valence-corrected chi connectivity index (χ0v) is 18.5. The highest BCUT2D eigenvalue weighted by Gasteiger charge is 2.30. The molecule has 0 fully saturated rings. The second kappa shape index (κ2) is 9.09. The van der Waals surface area contributed by atoms with E-state index in [2.05, 4.69) is 31.0 Å². The molecule has 4 rings (SSSR count). The minimum absolute atomic E-state index is 0.0400. The number of nitrogens with zero attached hydrogens (tertiary/aromatic N) is 5. The van der Waals surface area contributed by atoms with Crippen LogP contribution >= 0.6 is 0 Å². The molecular formula is C22H24N8O3. The summed E-state index contributed by atoms with van der Waals surface area (Å²) in [6.07, 6.45) is 2.70. The van der Waals surface area contributed by atoms with E-state index in [1.807, 2.05) is 38.1 Å². The minimum atomic E-state index is -0.470. The molecule has 0 unspecified atom stereocenters. The van der Waals surface area contributed by atoms with E-state index in [1.54, 1.807) is 17.8 Å². The summed E-state index contributed by atoms with van der Waals surface area (Å²) in [5.74, 6) is 1.05. The van der Waals surface area contributed by atoms with E-state index in [9.17, 15) is 9.59 Å². The normalized spacial score (nSPS) is 13.3. The molecule has 2 amide bonds. The number of aromatic nitrogens is 4. The molecule has 11 heteroatoms. The maximum atomic E-state index is 12.4. The van der Waals surface area contributed by atoms with Crippen LogP contribution in [0.5, 0.6) is 0 Å². The molecule has 3 aromatic rings. The molecule has 1 aliphatic rings. The van der Waals surface area contributed by atoms with Gasteiger partial charge in [-0.15, -0.1) is 0 Å². The molecule has 170 valence electrons. The van der Waals surface area contributed by atoms with Crippen molar-refractivity contribution in [1.29, 1.82) is 0 Å². The van der Waals surface area contributed by atoms with Gasteiger partial charge in [-0.05, 0) is 31.5 Å². The molecular weight excluding hydrogens is 424 g/mol. The SMILES string of the molecule is CNc1cc(-n2nc(C)cc2Nc2cc(NC3=CC(=O)N(CCO)C3=O)ccc2C)ncn1. The Morgan fingerprint density at radius 3 is 2.64 bits per heavy atom. The van der Waals surface area contributed by atoms with Gasteiger partial charge in [0.25, 0.3) is 11.8 Å². The van der Waals surface area contributed by atoms with E-state index in [4.69, 9.17) is 5.11 Å². The van der Waals surface area contributed by atoms with Crippen molar-refractivity contribution in [1.82, 2.24) is 24.6 Å². The third kappa shape index (κ3) is 4.53. The van der Waals surface area contributed by atoms with Crippen molar-refractivity contribution in [3.05, 3.63) is 59.7 Å². The van der Waals surface area contributed by atoms with Gasteiger partial charge >= 0.3 is 0 Å². The first kappa shape index (κ1) is 22.0. The Hall–Kier alpha value is -4.25. The number of aryl methyl sites for hydroxylation is 2. The smallest absolute Gasteiger partial charge is 0.277 e. The van der Waals surface area contributed by atoms with Gasteiger partial charge in [0.05, 0.1) is 18.8 Å². The summed E-state index contributed by atoms with van der Waals surface area (Å²) in [5, 5.41) is 23.0. The fourth-order valence-electron chi connectivity index (χ4n) is 3.40. The maximum Gasteiger partial charge on any atom is 0.277 e. The molecule has 0 saturated heterocycles. The largest absolute Gasteiger partial charge is 0.395 e. The van der Waals surface area contributed by atoms with Crippen molar-refractivity contribution in [3.8, 4) is 5.82 Å². The number of amides is 2. The van der Waals surface area contributed by atoms with Crippen LogP contribution in [0.3, 0.4) is 0 Å². The number of hydrogen-bond acceptors (Lipinski definition) is 9. The number of carbonyl (C=O) groups is 2. The van der Waals surface area contributed by atoms with Gasteiger partial charge in [0.1, 0.15) is 23.7 Å². The lowest BCUT2D eigenvalue weighted by Gasteiger charge is -2.15. The average Bonchev–Trinajstić information content (AvgIpc) is 3.30. The molecule has 0 radical (unpaired) electrons. The lowest BCUT2D eigenvalue weighted by Crippen LogP contribution is -2.34. The van der Waals surface area contributed by atoms with Crippen LogP contribution in [0.15, 0.2) is 48.4 Å². The average molecular weight is 448 g/mol. The maximum absolute atomic E-state index is 12.4. The first-order chi connectivity index (χ1) is 15.9. The van der Waals surface area contributed by atoms with E-state index in [-0.39, 0.29) is 18.8 Å². The van der Waals surface area contributed by atoms with Gasteiger partial charge in [-0.1, -0.05) is 6.07 Å². The molecule has 1 aromatic carbocycles. The lowest BCUT2D eigenvalue weighted by molar-refractivity contribution is -0.137. The Bertz CT molecular complexity index is 1250. The third-order valence-corrected chi connectivity index (χ3v) is 5.07. The van der Waals surface area contributed by atoms with E-state index in [0.29, 0.717) is 23.1 Å². The zero-order chi connectivity index (χ0) is 23.5. The van der Waals surface area contributed by atoms with Crippen LogP contribution in [0.2, 0.25) is 0 Å². The number of imide groups is 1. The highest BCUT2D eigenvalue weighted by molar-refractivity contribution is 6.17. The number of aliphatic hydroxyl groups excluding tert-OH is 1. The number of hydrogen-bond donors (Lipinski definition) is 4. The van der Waals surface area contributed by atoms with Crippen molar-refractivity contribution in [2.45, 2.75) is 13.8 Å². The topological polar surface area (TPSA) is 137 Å². The molecule has 0 bridgehead atoms. The molecule has 3 heterocycles. The molecule has 0 saturated carbocycles. The zero-order valence-electron chi connectivity index (χ0n) is 18.5. The molecule has 0 spiro atoms. The number of rotatable bonds is 8. The van der Waals surface area contributed by atoms with Crippen molar-refractivity contribution in [2.24, 2.45) is 0 Å². The summed E-state index contributed by atoms with van der Waals surface area (Å²) in [6, 6.07) is 9.24. The van der Waals surface area contributed by atoms with Gasteiger partial charge in [-0.2, -0.15) is 9.78 Å². The highest BCUT2D eigenvalue weighted by Crippen LogP contribution is 2.27. The number of benzene rings is 1. The Morgan fingerprint density at radius 2 is 1.88 bits per heavy atom. The van der Waals surface area contributed by atoms with Crippen LogP contribution in [0.4, 0.5) is 23.0 Å². The summed E-state index contributed by atoms with van der Waals surface area (Å²) in [5.41, 5.74) is 3.34. The molecule has 2 aromatic heterocycles. The fraction of sp³-hybridized carbons (Fsp3) is 0.227. The molecule has 33 heavy (non-hydrogen) atoms. The molecule has 4 N–H and O–H groups in total. The van der Waals surface area contributed by atoms with E-state index < -0.39 is 11.8 Å². The van der Waals surface area contributed by atoms with Crippen LogP contribution in [-0.4, -0.2) is 61.8 Å². The monoisotopic (exact) mass is 448 g/mol. The predicted molar refractivity (Wildman–Crippen MR) is 123 cm³/mol. The number of anilines is 4. The standard InChI is InChI=1S/C22H24N8O3/c1-13-4-5-15(26-17-10-21(32)29(6-7-31)22(17)33)9-16(13)27-20-8-14(2)28-30(20)19-11-18(23-3)24-12-25-19/h4-5,8-12,26-27,31H,6-7H2,1-3H3,(H,23,24,25). The number of β-amino-alcohol motifs (C(OH)–C–C–N with tert-alkyl or cyclic N) is 1. The Labute approximate surface area is 190 Å². The van der Waals surface area contributed by atoms with Gasteiger partial charge in [-0.3, -0.25) is 14.5 Å². The van der Waals surface area contributed by atoms with E-state index in [1.165, 1.54) is 12.4 Å². The summed E-state index contributed by atoms with van der Waals surface area (Å²) in [6.45, 7) is 3.52. The van der Waals surface area contributed by atoms with Gasteiger partial charge < -0.3 is 21.1 Å². The fourth-order valence-corrected chi connectivity index (χ4v) is 3.40. The van der Waals surface area contributed by atoms with E-state index in [0.717, 1.165) is 21.8 Å². The first-order valence-corrected chi connectivity index (χ1v) is 10.3. The summed E-state index contributed by atoms with van der Waals surface area (Å²) in [7, 11) is 1.78. The Balaban J connectivity index is 1.60. The van der Waals surface area contributed by atoms with Gasteiger partial charge in [0, 0.05) is 36.6 Å². The molecule has 0 atom stereocenters. The number of carbonyl (C=O) groups excluding carboxylic acids is 2. The summed E-state index contributed by atoms with van der Waals surface area (Å²) in [4.78, 5) is 33.9. The highest BCUT2D eigenvalue weighted by atomic mass is 16.3. The molecule has 11 nitrogen and oxygen atoms in total. The minimum Gasteiger partial charge on any atom is -0.395 e. The predicted octanol–water partition coefficient (Wildman–Crippen LogP) is 1.72. The van der Waals surface area contributed by atoms with Crippen LogP contribution < -0.4 is 16.0 Å². The molecule has 0 aliphatic carbocycles. The summed E-state index contributed by atoms with van der Waals surface area (Å²) < 4.78 is 1.69. The first-order valence-electron chi connectivity index (χ1n) is 10.3. The number of aliphatic hydroxyl groups is 1. The Morgan fingerprint density at radius 1 is 1.06 bits per heavy atom. The van der Waals surface area contributed by atoms with E-state index >= 15 is 0 Å². The molecule has 1 aliphatic heterocycles. The lowest BCUT2D eigenvalue weighted by atomic mass is 10.1.